The Kier molecular flexibility index (Phi) is 3.09. The summed E-state index contributed by atoms with van der Waals surface area (Å²) in [6.07, 6.45) is -0.136. The third-order valence-electron chi connectivity index (χ3n) is 2.63. The van der Waals surface area contributed by atoms with Crippen LogP contribution in [-0.2, 0) is 13.8 Å². The fraction of sp³-hybridized carbons (Fsp3) is 0.300. The van der Waals surface area contributed by atoms with Gasteiger partial charge in [-0.1, -0.05) is 0 Å². The molecule has 0 radical (unpaired) electrons. The molecule has 0 saturated carbocycles. The predicted octanol–water partition coefficient (Wildman–Crippen LogP) is 1.50. The SMILES string of the molecule is O=C1CC(S(=O)(=O)Cl)CN1c1ccc(F)cc1. The Bertz CT molecular complexity index is 543. The van der Waals surface area contributed by atoms with Crippen LogP contribution in [0.5, 0.6) is 0 Å². The molecule has 1 saturated heterocycles. The molecule has 92 valence electrons. The van der Waals surface area contributed by atoms with Crippen LogP contribution in [0.15, 0.2) is 24.3 Å². The molecule has 2 rings (SSSR count). The minimum Gasteiger partial charge on any atom is -0.311 e. The lowest BCUT2D eigenvalue weighted by Crippen LogP contribution is -2.26. The van der Waals surface area contributed by atoms with Gasteiger partial charge in [0.2, 0.25) is 15.0 Å². The minimum atomic E-state index is -3.75. The van der Waals surface area contributed by atoms with Gasteiger partial charge in [0.05, 0.1) is 0 Å². The van der Waals surface area contributed by atoms with Gasteiger partial charge in [0.25, 0.3) is 0 Å². The van der Waals surface area contributed by atoms with E-state index in [9.17, 15) is 17.6 Å². The molecule has 0 spiro atoms. The molecule has 4 nitrogen and oxygen atoms in total. The van der Waals surface area contributed by atoms with Crippen molar-refractivity contribution in [2.45, 2.75) is 11.7 Å². The molecule has 0 N–H and O–H groups in total. The summed E-state index contributed by atoms with van der Waals surface area (Å²) in [5, 5.41) is -0.901. The molecule has 1 aliphatic rings. The monoisotopic (exact) mass is 277 g/mol. The van der Waals surface area contributed by atoms with Crippen molar-refractivity contribution in [3.63, 3.8) is 0 Å². The van der Waals surface area contributed by atoms with Crippen molar-refractivity contribution in [2.75, 3.05) is 11.4 Å². The van der Waals surface area contributed by atoms with Crippen LogP contribution in [0.3, 0.4) is 0 Å². The molecular weight excluding hydrogens is 269 g/mol. The number of nitrogens with zero attached hydrogens (tertiary/aromatic N) is 1. The van der Waals surface area contributed by atoms with Crippen molar-refractivity contribution in [1.82, 2.24) is 0 Å². The first-order chi connectivity index (χ1) is 7.88. The minimum absolute atomic E-state index is 0.0102. The highest BCUT2D eigenvalue weighted by atomic mass is 35.7. The van der Waals surface area contributed by atoms with Gasteiger partial charge in [-0.3, -0.25) is 4.79 Å². The van der Waals surface area contributed by atoms with Gasteiger partial charge in [0.1, 0.15) is 11.1 Å². The predicted molar refractivity (Wildman–Crippen MR) is 61.9 cm³/mol. The van der Waals surface area contributed by atoms with Crippen LogP contribution >= 0.6 is 10.7 Å². The van der Waals surface area contributed by atoms with Crippen LogP contribution < -0.4 is 4.90 Å². The topological polar surface area (TPSA) is 54.5 Å². The summed E-state index contributed by atoms with van der Waals surface area (Å²) in [6, 6.07) is 5.28. The van der Waals surface area contributed by atoms with Crippen LogP contribution in [0.1, 0.15) is 6.42 Å². The molecule has 1 aromatic rings. The first-order valence-electron chi connectivity index (χ1n) is 4.87. The highest BCUT2D eigenvalue weighted by Gasteiger charge is 2.37. The highest BCUT2D eigenvalue weighted by molar-refractivity contribution is 8.14. The quantitative estimate of drug-likeness (QED) is 0.770. The largest absolute Gasteiger partial charge is 0.311 e. The highest BCUT2D eigenvalue weighted by Crippen LogP contribution is 2.26. The van der Waals surface area contributed by atoms with E-state index in [-0.39, 0.29) is 18.9 Å². The summed E-state index contributed by atoms with van der Waals surface area (Å²) in [4.78, 5) is 12.9. The maximum absolute atomic E-state index is 12.7. The summed E-state index contributed by atoms with van der Waals surface area (Å²) < 4.78 is 35.0. The average Bonchev–Trinajstić information content (AvgIpc) is 2.61. The zero-order valence-corrected chi connectivity index (χ0v) is 10.2. The first-order valence-corrected chi connectivity index (χ1v) is 7.24. The number of halogens is 2. The number of anilines is 1. The molecule has 1 atom stereocenters. The van der Waals surface area contributed by atoms with Gasteiger partial charge in [0.15, 0.2) is 0 Å². The number of carbonyl (C=O) groups is 1. The van der Waals surface area contributed by atoms with Crippen LogP contribution in [0, 0.1) is 5.82 Å². The van der Waals surface area contributed by atoms with Gasteiger partial charge >= 0.3 is 0 Å². The fourth-order valence-corrected chi connectivity index (χ4v) is 2.76. The van der Waals surface area contributed by atoms with Gasteiger partial charge in [0, 0.05) is 29.3 Å². The Balaban J connectivity index is 2.24. The molecular formula is C10H9ClFNO3S. The number of amides is 1. The Morgan fingerprint density at radius 3 is 2.35 bits per heavy atom. The summed E-state index contributed by atoms with van der Waals surface area (Å²) in [5.74, 6) is -0.743. The number of rotatable bonds is 2. The smallest absolute Gasteiger partial charge is 0.237 e. The third-order valence-corrected chi connectivity index (χ3v) is 4.49. The summed E-state index contributed by atoms with van der Waals surface area (Å²) in [7, 11) is 1.47. The van der Waals surface area contributed by atoms with E-state index in [1.807, 2.05) is 0 Å². The summed E-state index contributed by atoms with van der Waals surface area (Å²) in [5.41, 5.74) is 0.471. The van der Waals surface area contributed by atoms with E-state index in [0.29, 0.717) is 5.69 Å². The second kappa shape index (κ2) is 4.27. The first kappa shape index (κ1) is 12.3. The van der Waals surface area contributed by atoms with Crippen molar-refractivity contribution in [3.05, 3.63) is 30.1 Å². The third kappa shape index (κ3) is 2.58. The van der Waals surface area contributed by atoms with Crippen LogP contribution in [0.4, 0.5) is 10.1 Å². The van der Waals surface area contributed by atoms with Gasteiger partial charge in [-0.15, -0.1) is 0 Å². The van der Waals surface area contributed by atoms with Gasteiger partial charge in [-0.2, -0.15) is 0 Å². The van der Waals surface area contributed by atoms with Gasteiger partial charge in [-0.25, -0.2) is 12.8 Å². The lowest BCUT2D eigenvalue weighted by atomic mass is 10.3. The Labute approximate surface area is 102 Å². The molecule has 0 aliphatic carbocycles. The van der Waals surface area contributed by atoms with E-state index >= 15 is 0 Å². The molecule has 1 aliphatic heterocycles. The molecule has 1 amide bonds. The van der Waals surface area contributed by atoms with E-state index in [4.69, 9.17) is 10.7 Å². The molecule has 1 unspecified atom stereocenters. The van der Waals surface area contributed by atoms with Crippen molar-refractivity contribution in [1.29, 1.82) is 0 Å². The van der Waals surface area contributed by atoms with E-state index in [2.05, 4.69) is 0 Å². The summed E-state index contributed by atoms with van der Waals surface area (Å²) in [6.45, 7) is 0.0102. The number of hydrogen-bond acceptors (Lipinski definition) is 3. The Morgan fingerprint density at radius 2 is 1.88 bits per heavy atom. The van der Waals surface area contributed by atoms with Crippen molar-refractivity contribution in [3.8, 4) is 0 Å². The van der Waals surface area contributed by atoms with Crippen molar-refractivity contribution < 1.29 is 17.6 Å². The molecule has 0 bridgehead atoms. The Morgan fingerprint density at radius 1 is 1.29 bits per heavy atom. The molecule has 1 fully saturated rings. The van der Waals surface area contributed by atoms with Crippen molar-refractivity contribution >= 4 is 31.3 Å². The van der Waals surface area contributed by atoms with E-state index in [0.717, 1.165) is 0 Å². The van der Waals surface area contributed by atoms with Gasteiger partial charge in [-0.05, 0) is 24.3 Å². The van der Waals surface area contributed by atoms with E-state index < -0.39 is 20.1 Å². The second-order valence-electron chi connectivity index (χ2n) is 3.78. The van der Waals surface area contributed by atoms with Crippen molar-refractivity contribution in [2.24, 2.45) is 0 Å². The molecule has 1 heterocycles. The maximum Gasteiger partial charge on any atom is 0.237 e. The normalized spacial score (nSPS) is 20.9. The zero-order chi connectivity index (χ0) is 12.6. The standard InChI is InChI=1S/C10H9ClFNO3S/c11-17(15,16)9-5-10(14)13(6-9)8-3-1-7(12)2-4-8/h1-4,9H,5-6H2. The molecule has 1 aromatic carbocycles. The van der Waals surface area contributed by atoms with Gasteiger partial charge < -0.3 is 4.90 Å². The average molecular weight is 278 g/mol. The van der Waals surface area contributed by atoms with E-state index in [1.54, 1.807) is 0 Å². The second-order valence-corrected chi connectivity index (χ2v) is 6.69. The molecule has 0 aromatic heterocycles. The van der Waals surface area contributed by atoms with Crippen LogP contribution in [-0.4, -0.2) is 26.1 Å². The number of carbonyl (C=O) groups excluding carboxylic acids is 1. The maximum atomic E-state index is 12.7. The fourth-order valence-electron chi connectivity index (χ4n) is 1.73. The lowest BCUT2D eigenvalue weighted by molar-refractivity contribution is -0.117. The molecule has 7 heteroatoms. The number of hydrogen-bond donors (Lipinski definition) is 0. The molecule has 17 heavy (non-hydrogen) atoms. The van der Waals surface area contributed by atoms with Crippen LogP contribution in [0.25, 0.3) is 0 Å². The van der Waals surface area contributed by atoms with Crippen LogP contribution in [0.2, 0.25) is 0 Å². The summed E-state index contributed by atoms with van der Waals surface area (Å²) >= 11 is 0. The number of benzene rings is 1. The zero-order valence-electron chi connectivity index (χ0n) is 8.64. The van der Waals surface area contributed by atoms with E-state index in [1.165, 1.54) is 29.2 Å². The Hall–Kier alpha value is -1.14. The lowest BCUT2D eigenvalue weighted by Gasteiger charge is -2.15.